The van der Waals surface area contributed by atoms with Crippen molar-refractivity contribution in [3.05, 3.63) is 77.9 Å². The Morgan fingerprint density at radius 2 is 1.98 bits per heavy atom. The molecule has 0 spiro atoms. The van der Waals surface area contributed by atoms with Crippen LogP contribution in [0, 0.1) is 0 Å². The number of carbonyl (C=O) groups excluding carboxylic acids is 1. The van der Waals surface area contributed by atoms with E-state index in [1.54, 1.807) is 4.90 Å². The number of rotatable bonds is 7. The Morgan fingerprint density at radius 1 is 1.07 bits per heavy atom. The number of aliphatic hydroxyl groups is 1. The number of H-pyrrole nitrogens is 1. The van der Waals surface area contributed by atoms with E-state index in [4.69, 9.17) is 9.84 Å². The Bertz CT molecular complexity index is 1890. The van der Waals surface area contributed by atoms with E-state index in [1.165, 1.54) is 31.2 Å². The van der Waals surface area contributed by atoms with Crippen LogP contribution in [0.15, 0.2) is 61.2 Å². The second kappa shape index (κ2) is 11.4. The van der Waals surface area contributed by atoms with Crippen LogP contribution in [0.3, 0.4) is 0 Å². The van der Waals surface area contributed by atoms with E-state index in [0.717, 1.165) is 48.3 Å². The highest BCUT2D eigenvalue weighted by Gasteiger charge is 2.30. The number of hydrogen-bond donors (Lipinski definition) is 2. The highest BCUT2D eigenvalue weighted by atomic mass is 16.5. The average molecular weight is 604 g/mol. The van der Waals surface area contributed by atoms with Crippen molar-refractivity contribution in [3.8, 4) is 28.3 Å². The van der Waals surface area contributed by atoms with E-state index in [9.17, 15) is 9.90 Å². The van der Waals surface area contributed by atoms with Crippen LogP contribution in [0.5, 0.6) is 5.75 Å². The maximum absolute atomic E-state index is 13.9. The molecule has 0 radical (unpaired) electrons. The van der Waals surface area contributed by atoms with Gasteiger partial charge in [0.25, 0.3) is 5.91 Å². The van der Waals surface area contributed by atoms with Gasteiger partial charge >= 0.3 is 0 Å². The highest BCUT2D eigenvalue weighted by molar-refractivity contribution is 6.09. The van der Waals surface area contributed by atoms with Gasteiger partial charge in [-0.2, -0.15) is 5.10 Å². The molecule has 1 atom stereocenters. The van der Waals surface area contributed by atoms with Crippen LogP contribution in [0.4, 0.5) is 5.69 Å². The number of hydrogen-bond acceptors (Lipinski definition) is 7. The monoisotopic (exact) mass is 603 g/mol. The molecule has 10 heteroatoms. The van der Waals surface area contributed by atoms with Crippen LogP contribution >= 0.6 is 0 Å². The maximum Gasteiger partial charge on any atom is 0.262 e. The second-order valence-corrected chi connectivity index (χ2v) is 12.4. The molecular weight excluding hydrogens is 566 g/mol. The maximum atomic E-state index is 13.9. The lowest BCUT2D eigenvalue weighted by molar-refractivity contribution is 0.0989. The van der Waals surface area contributed by atoms with Gasteiger partial charge < -0.3 is 24.6 Å². The first kappa shape index (κ1) is 28.0. The summed E-state index contributed by atoms with van der Waals surface area (Å²) in [7, 11) is 0. The number of nitrogens with zero attached hydrogens (tertiary/aromatic N) is 6. The van der Waals surface area contributed by atoms with Gasteiger partial charge in [0, 0.05) is 34.8 Å². The van der Waals surface area contributed by atoms with E-state index in [1.807, 2.05) is 42.6 Å². The largest absolute Gasteiger partial charge is 0.491 e. The Hall–Kier alpha value is -4.54. The standard InChI is InChI=1S/C35H37N7O3/c1-2-40-12-4-5-25(19-40)42-18-24(17-38-42)30-16-28-33(36-21-37-34(28)39-30)26-6-3-7-31(29(26)20-43)41-13-14-45-32-15-23(22-8-9-22)10-11-27(32)35(41)44/h3,6-7,10-11,15-18,21-22,25,43H,2,4-5,8-9,12-14,19-20H2,1H3,(H,36,37,39)/t25-/m0/s1. The number of aromatic nitrogens is 5. The number of ether oxygens (including phenoxy) is 1. The lowest BCUT2D eigenvalue weighted by Gasteiger charge is -2.31. The minimum absolute atomic E-state index is 0.134. The number of nitrogens with one attached hydrogen (secondary N) is 1. The molecule has 5 aromatic rings. The fourth-order valence-corrected chi connectivity index (χ4v) is 6.97. The molecule has 3 aliphatic rings. The number of aliphatic hydroxyl groups excluding tert-OH is 1. The highest BCUT2D eigenvalue weighted by Crippen LogP contribution is 2.43. The number of anilines is 1. The smallest absolute Gasteiger partial charge is 0.262 e. The van der Waals surface area contributed by atoms with E-state index < -0.39 is 0 Å². The number of carbonyl (C=O) groups is 1. The average Bonchev–Trinajstić information content (AvgIpc) is 3.69. The van der Waals surface area contributed by atoms with Crippen LogP contribution in [0.2, 0.25) is 0 Å². The topological polar surface area (TPSA) is 112 Å². The summed E-state index contributed by atoms with van der Waals surface area (Å²) < 4.78 is 8.17. The van der Waals surface area contributed by atoms with Crippen molar-refractivity contribution in [2.24, 2.45) is 0 Å². The van der Waals surface area contributed by atoms with Crippen molar-refractivity contribution < 1.29 is 14.6 Å². The van der Waals surface area contributed by atoms with Gasteiger partial charge in [-0.1, -0.05) is 25.1 Å². The van der Waals surface area contributed by atoms with Gasteiger partial charge in [-0.3, -0.25) is 9.48 Å². The molecule has 1 saturated carbocycles. The number of likely N-dealkylation sites (tertiary alicyclic amines) is 1. The van der Waals surface area contributed by atoms with Gasteiger partial charge in [0.15, 0.2) is 0 Å². The number of piperidine rings is 1. The van der Waals surface area contributed by atoms with Crippen molar-refractivity contribution in [3.63, 3.8) is 0 Å². The second-order valence-electron chi connectivity index (χ2n) is 12.4. The van der Waals surface area contributed by atoms with E-state index in [-0.39, 0.29) is 12.5 Å². The minimum atomic E-state index is -0.255. The fraction of sp³-hybridized carbons (Fsp3) is 0.371. The zero-order valence-electron chi connectivity index (χ0n) is 25.4. The lowest BCUT2D eigenvalue weighted by Crippen LogP contribution is -2.36. The third kappa shape index (κ3) is 5.07. The number of aromatic amines is 1. The molecule has 45 heavy (non-hydrogen) atoms. The van der Waals surface area contributed by atoms with Crippen molar-refractivity contribution in [1.82, 2.24) is 29.6 Å². The minimum Gasteiger partial charge on any atom is -0.491 e. The molecule has 1 saturated heterocycles. The predicted octanol–water partition coefficient (Wildman–Crippen LogP) is 5.55. The first-order valence-corrected chi connectivity index (χ1v) is 16.0. The summed E-state index contributed by atoms with van der Waals surface area (Å²) in [6, 6.07) is 14.1. The number of benzene rings is 2. The summed E-state index contributed by atoms with van der Waals surface area (Å²) in [5.74, 6) is 1.08. The summed E-state index contributed by atoms with van der Waals surface area (Å²) in [5, 5.41) is 16.3. The lowest BCUT2D eigenvalue weighted by atomic mass is 9.99. The number of amides is 1. The Morgan fingerprint density at radius 3 is 2.82 bits per heavy atom. The van der Waals surface area contributed by atoms with Crippen molar-refractivity contribution in [1.29, 1.82) is 0 Å². The molecule has 2 fully saturated rings. The molecule has 230 valence electrons. The van der Waals surface area contributed by atoms with Gasteiger partial charge in [-0.05, 0) is 74.5 Å². The quantitative estimate of drug-likeness (QED) is 0.251. The Kier molecular flexibility index (Phi) is 7.10. The molecule has 0 unspecified atom stereocenters. The molecule has 0 bridgehead atoms. The normalized spacial score (nSPS) is 19.0. The first-order valence-electron chi connectivity index (χ1n) is 16.0. The summed E-state index contributed by atoms with van der Waals surface area (Å²) in [6.07, 6.45) is 10.2. The molecule has 5 heterocycles. The van der Waals surface area contributed by atoms with E-state index in [0.29, 0.717) is 59.0 Å². The molecule has 8 rings (SSSR count). The molecular formula is C35H37N7O3. The predicted molar refractivity (Wildman–Crippen MR) is 172 cm³/mol. The van der Waals surface area contributed by atoms with Crippen LogP contribution in [0.1, 0.15) is 66.1 Å². The Labute approximate surface area is 261 Å². The van der Waals surface area contributed by atoms with Gasteiger partial charge in [0.1, 0.15) is 24.3 Å². The third-order valence-corrected chi connectivity index (χ3v) is 9.60. The van der Waals surface area contributed by atoms with Crippen LogP contribution in [0.25, 0.3) is 33.5 Å². The van der Waals surface area contributed by atoms with Crippen LogP contribution in [-0.2, 0) is 6.61 Å². The van der Waals surface area contributed by atoms with Gasteiger partial charge in [-0.25, -0.2) is 9.97 Å². The van der Waals surface area contributed by atoms with Crippen molar-refractivity contribution in [2.75, 3.05) is 37.7 Å². The van der Waals surface area contributed by atoms with E-state index in [2.05, 4.69) is 43.7 Å². The zero-order valence-corrected chi connectivity index (χ0v) is 25.4. The van der Waals surface area contributed by atoms with Crippen LogP contribution in [-0.4, -0.2) is 73.4 Å². The summed E-state index contributed by atoms with van der Waals surface area (Å²) in [6.45, 7) is 5.91. The number of fused-ring (bicyclic) bond motifs is 2. The fourth-order valence-electron chi connectivity index (χ4n) is 6.97. The molecule has 2 aliphatic heterocycles. The first-order chi connectivity index (χ1) is 22.1. The van der Waals surface area contributed by atoms with Gasteiger partial charge in [-0.15, -0.1) is 0 Å². The van der Waals surface area contributed by atoms with Crippen molar-refractivity contribution >= 4 is 22.6 Å². The van der Waals surface area contributed by atoms with Gasteiger partial charge in [0.05, 0.1) is 48.0 Å². The molecule has 2 N–H and O–H groups in total. The van der Waals surface area contributed by atoms with Gasteiger partial charge in [0.2, 0.25) is 0 Å². The number of likely N-dealkylation sites (N-methyl/N-ethyl adjacent to an activating group) is 1. The SMILES string of the molecule is CCN1CCC[C@H](n2cc(-c3cc4c(-c5cccc(N6CCOc7cc(C8CC8)ccc7C6=O)c5CO)ncnc4[nH]3)cn2)C1. The van der Waals surface area contributed by atoms with E-state index >= 15 is 0 Å². The molecule has 1 aliphatic carbocycles. The summed E-state index contributed by atoms with van der Waals surface area (Å²) in [4.78, 5) is 30.8. The summed E-state index contributed by atoms with van der Waals surface area (Å²) in [5.41, 5.74) is 7.11. The zero-order chi connectivity index (χ0) is 30.5. The van der Waals surface area contributed by atoms with Crippen molar-refractivity contribution in [2.45, 2.75) is 51.2 Å². The molecule has 1 amide bonds. The third-order valence-electron chi connectivity index (χ3n) is 9.60. The van der Waals surface area contributed by atoms with Crippen LogP contribution < -0.4 is 9.64 Å². The Balaban J connectivity index is 1.13. The molecule has 2 aromatic carbocycles. The molecule has 3 aromatic heterocycles. The molecule has 10 nitrogen and oxygen atoms in total. The summed E-state index contributed by atoms with van der Waals surface area (Å²) >= 11 is 0.